The van der Waals surface area contributed by atoms with Crippen LogP contribution in [-0.4, -0.2) is 9.38 Å². The molecule has 0 bridgehead atoms. The molecule has 13 heavy (non-hydrogen) atoms. The topological polar surface area (TPSA) is 64.9 Å². The van der Waals surface area contributed by atoms with Gasteiger partial charge in [0.2, 0.25) is 5.82 Å². The van der Waals surface area contributed by atoms with Gasteiger partial charge in [-0.2, -0.15) is 10.5 Å². The van der Waals surface area contributed by atoms with Crippen LogP contribution >= 0.6 is 0 Å². The van der Waals surface area contributed by atoms with Crippen molar-refractivity contribution in [3.8, 4) is 12.1 Å². The van der Waals surface area contributed by atoms with Crippen LogP contribution in [0.1, 0.15) is 11.5 Å². The van der Waals surface area contributed by atoms with Crippen molar-refractivity contribution in [3.63, 3.8) is 0 Å². The molecule has 4 heteroatoms. The summed E-state index contributed by atoms with van der Waals surface area (Å²) in [6, 6.07) is 9.22. The van der Waals surface area contributed by atoms with Crippen molar-refractivity contribution in [1.29, 1.82) is 10.5 Å². The van der Waals surface area contributed by atoms with Crippen LogP contribution in [0.5, 0.6) is 0 Å². The number of fused-ring (bicyclic) bond motifs is 1. The highest BCUT2D eigenvalue weighted by Gasteiger charge is 2.07. The van der Waals surface area contributed by atoms with Crippen LogP contribution in [0.2, 0.25) is 0 Å². The predicted molar refractivity (Wildman–Crippen MR) is 44.6 cm³/mol. The first-order chi connectivity index (χ1) is 6.36. The summed E-state index contributed by atoms with van der Waals surface area (Å²) in [6.45, 7) is 0. The third kappa shape index (κ3) is 0.935. The van der Waals surface area contributed by atoms with Crippen molar-refractivity contribution in [2.45, 2.75) is 0 Å². The van der Waals surface area contributed by atoms with Crippen molar-refractivity contribution in [1.82, 2.24) is 9.38 Å². The Bertz CT molecular complexity index is 491. The molecule has 4 nitrogen and oxygen atoms in total. The molecular formula is C9H4N4. The summed E-state index contributed by atoms with van der Waals surface area (Å²) >= 11 is 0. The maximum absolute atomic E-state index is 8.71. The predicted octanol–water partition coefficient (Wildman–Crippen LogP) is 1.08. The van der Waals surface area contributed by atoms with Crippen LogP contribution in [0.4, 0.5) is 0 Å². The quantitative estimate of drug-likeness (QED) is 0.591. The van der Waals surface area contributed by atoms with Gasteiger partial charge in [0, 0.05) is 6.20 Å². The Morgan fingerprint density at radius 2 is 2.08 bits per heavy atom. The second-order valence-electron chi connectivity index (χ2n) is 2.46. The van der Waals surface area contributed by atoms with Crippen LogP contribution in [0.15, 0.2) is 24.4 Å². The highest BCUT2D eigenvalue weighted by Crippen LogP contribution is 2.10. The van der Waals surface area contributed by atoms with E-state index in [9.17, 15) is 0 Å². The van der Waals surface area contributed by atoms with Gasteiger partial charge in [0.15, 0.2) is 5.69 Å². The van der Waals surface area contributed by atoms with Crippen molar-refractivity contribution < 1.29 is 0 Å². The first-order valence-corrected chi connectivity index (χ1v) is 3.64. The normalized spacial score (nSPS) is 9.38. The molecule has 0 spiro atoms. The van der Waals surface area contributed by atoms with Gasteiger partial charge in [0.05, 0.1) is 5.52 Å². The molecule has 0 N–H and O–H groups in total. The second kappa shape index (κ2) is 2.62. The number of nitrogens with zero attached hydrogens (tertiary/aromatic N) is 4. The van der Waals surface area contributed by atoms with Gasteiger partial charge in [-0.1, -0.05) is 6.07 Å². The van der Waals surface area contributed by atoms with Crippen molar-refractivity contribution >= 4 is 5.52 Å². The Labute approximate surface area is 74.3 Å². The van der Waals surface area contributed by atoms with Crippen LogP contribution < -0.4 is 0 Å². The zero-order valence-electron chi connectivity index (χ0n) is 6.60. The molecule has 0 unspecified atom stereocenters. The minimum atomic E-state index is 0.243. The molecule has 0 aliphatic carbocycles. The average molecular weight is 168 g/mol. The van der Waals surface area contributed by atoms with E-state index in [-0.39, 0.29) is 11.5 Å². The Balaban J connectivity index is 2.94. The Kier molecular flexibility index (Phi) is 1.47. The summed E-state index contributed by atoms with van der Waals surface area (Å²) in [7, 11) is 0. The van der Waals surface area contributed by atoms with Crippen LogP contribution in [0.25, 0.3) is 5.52 Å². The number of hydrogen-bond donors (Lipinski definition) is 0. The molecule has 0 saturated heterocycles. The summed E-state index contributed by atoms with van der Waals surface area (Å²) in [6.07, 6.45) is 1.71. The largest absolute Gasteiger partial charge is 0.290 e. The van der Waals surface area contributed by atoms with E-state index in [2.05, 4.69) is 4.98 Å². The van der Waals surface area contributed by atoms with E-state index in [1.54, 1.807) is 28.8 Å². The second-order valence-corrected chi connectivity index (χ2v) is 2.46. The van der Waals surface area contributed by atoms with Gasteiger partial charge >= 0.3 is 0 Å². The summed E-state index contributed by atoms with van der Waals surface area (Å²) in [5, 5.41) is 17.4. The first kappa shape index (κ1) is 7.33. The van der Waals surface area contributed by atoms with Crippen molar-refractivity contribution in [3.05, 3.63) is 35.9 Å². The Hall–Kier alpha value is -2.33. The molecular weight excluding hydrogens is 164 g/mol. The first-order valence-electron chi connectivity index (χ1n) is 3.64. The molecule has 2 heterocycles. The van der Waals surface area contributed by atoms with Gasteiger partial charge in [-0.25, -0.2) is 4.98 Å². The molecule has 2 aromatic rings. The highest BCUT2D eigenvalue weighted by molar-refractivity contribution is 5.59. The van der Waals surface area contributed by atoms with Crippen molar-refractivity contribution in [2.75, 3.05) is 0 Å². The fourth-order valence-corrected chi connectivity index (χ4v) is 1.20. The lowest BCUT2D eigenvalue weighted by atomic mass is 10.3. The maximum atomic E-state index is 8.71. The van der Waals surface area contributed by atoms with Gasteiger partial charge < -0.3 is 0 Å². The summed E-state index contributed by atoms with van der Waals surface area (Å²) < 4.78 is 1.60. The average Bonchev–Trinajstić information content (AvgIpc) is 2.56. The molecule has 0 atom stereocenters. The summed E-state index contributed by atoms with van der Waals surface area (Å²) in [5.41, 5.74) is 0.957. The standard InChI is InChI=1S/C9H4N4/c10-5-7-8-3-1-2-4-13(8)9(6-11)12-7/h1-4H. The zero-order valence-corrected chi connectivity index (χ0v) is 6.60. The molecule has 0 aliphatic rings. The van der Waals surface area contributed by atoms with Crippen LogP contribution in [-0.2, 0) is 0 Å². The van der Waals surface area contributed by atoms with Gasteiger partial charge in [0.1, 0.15) is 12.1 Å². The molecule has 0 fully saturated rings. The van der Waals surface area contributed by atoms with Crippen molar-refractivity contribution in [2.24, 2.45) is 0 Å². The third-order valence-corrected chi connectivity index (χ3v) is 1.75. The lowest BCUT2D eigenvalue weighted by Crippen LogP contribution is -1.86. The zero-order chi connectivity index (χ0) is 9.26. The Morgan fingerprint density at radius 3 is 2.77 bits per heavy atom. The van der Waals surface area contributed by atoms with Gasteiger partial charge in [-0.05, 0) is 12.1 Å². The number of hydrogen-bond acceptors (Lipinski definition) is 3. The number of nitriles is 2. The third-order valence-electron chi connectivity index (χ3n) is 1.75. The number of aromatic nitrogens is 2. The molecule has 0 amide bonds. The van der Waals surface area contributed by atoms with E-state index in [1.807, 2.05) is 12.1 Å². The summed E-state index contributed by atoms with van der Waals surface area (Å²) in [4.78, 5) is 3.87. The lowest BCUT2D eigenvalue weighted by molar-refractivity contribution is 1.10. The van der Waals surface area contributed by atoms with Crippen LogP contribution in [0, 0.1) is 22.7 Å². The van der Waals surface area contributed by atoms with E-state index < -0.39 is 0 Å². The van der Waals surface area contributed by atoms with E-state index in [4.69, 9.17) is 10.5 Å². The van der Waals surface area contributed by atoms with E-state index in [1.165, 1.54) is 0 Å². The van der Waals surface area contributed by atoms with Crippen LogP contribution in [0.3, 0.4) is 0 Å². The highest BCUT2D eigenvalue weighted by atomic mass is 15.0. The Morgan fingerprint density at radius 1 is 1.23 bits per heavy atom. The molecule has 2 aromatic heterocycles. The number of rotatable bonds is 0. The molecule has 0 aromatic carbocycles. The molecule has 2 rings (SSSR count). The number of pyridine rings is 1. The fraction of sp³-hybridized carbons (Fsp3) is 0. The van der Waals surface area contributed by atoms with Gasteiger partial charge in [0.25, 0.3) is 0 Å². The maximum Gasteiger partial charge on any atom is 0.218 e. The minimum Gasteiger partial charge on any atom is -0.290 e. The summed E-state index contributed by atoms with van der Waals surface area (Å²) in [5.74, 6) is 0.243. The molecule has 60 valence electrons. The smallest absolute Gasteiger partial charge is 0.218 e. The molecule has 0 aliphatic heterocycles. The number of imidazole rings is 1. The van der Waals surface area contributed by atoms with Gasteiger partial charge in [-0.15, -0.1) is 0 Å². The molecule has 0 radical (unpaired) electrons. The van der Waals surface area contributed by atoms with E-state index >= 15 is 0 Å². The molecule has 0 saturated carbocycles. The monoisotopic (exact) mass is 168 g/mol. The SMILES string of the molecule is N#Cc1nc(C#N)n2ccccc12. The minimum absolute atomic E-state index is 0.243. The lowest BCUT2D eigenvalue weighted by Gasteiger charge is -1.90. The van der Waals surface area contributed by atoms with E-state index in [0.717, 1.165) is 0 Å². The fourth-order valence-electron chi connectivity index (χ4n) is 1.20. The van der Waals surface area contributed by atoms with E-state index in [0.29, 0.717) is 5.52 Å². The van der Waals surface area contributed by atoms with Gasteiger partial charge in [-0.3, -0.25) is 4.40 Å².